The second-order valence-electron chi connectivity index (χ2n) is 7.16. The van der Waals surface area contributed by atoms with Crippen molar-refractivity contribution in [1.29, 1.82) is 0 Å². The number of sulfonamides is 1. The van der Waals surface area contributed by atoms with Crippen molar-refractivity contribution in [3.8, 4) is 5.75 Å². The molecule has 2 aromatic carbocycles. The van der Waals surface area contributed by atoms with Gasteiger partial charge in [0.25, 0.3) is 5.91 Å². The van der Waals surface area contributed by atoms with E-state index in [4.69, 9.17) is 4.74 Å². The van der Waals surface area contributed by atoms with Crippen LogP contribution in [0.1, 0.15) is 20.8 Å². The Morgan fingerprint density at radius 2 is 1.86 bits per heavy atom. The highest BCUT2D eigenvalue weighted by Crippen LogP contribution is 2.44. The van der Waals surface area contributed by atoms with Gasteiger partial charge in [-0.2, -0.15) is 0 Å². The number of fused-ring (bicyclic) bond motifs is 1. The predicted octanol–water partition coefficient (Wildman–Crippen LogP) is 2.99. The molecule has 1 aliphatic heterocycles. The lowest BCUT2D eigenvalue weighted by Gasteiger charge is -2.39. The number of rotatable bonds is 4. The Morgan fingerprint density at radius 3 is 2.48 bits per heavy atom. The zero-order chi connectivity index (χ0) is 21.6. The molecular formula is C19H20FN3O5S. The number of amides is 2. The number of carbonyl (C=O) groups excluding carboxylic acids is 2. The van der Waals surface area contributed by atoms with Gasteiger partial charge in [-0.25, -0.2) is 12.8 Å². The lowest BCUT2D eigenvalue weighted by molar-refractivity contribution is -0.131. The van der Waals surface area contributed by atoms with Gasteiger partial charge in [-0.15, -0.1) is 0 Å². The number of benzene rings is 2. The Hall–Kier alpha value is -3.14. The van der Waals surface area contributed by atoms with Gasteiger partial charge in [-0.3, -0.25) is 19.2 Å². The molecule has 0 aromatic heterocycles. The van der Waals surface area contributed by atoms with E-state index in [0.717, 1.165) is 12.3 Å². The van der Waals surface area contributed by atoms with Crippen molar-refractivity contribution >= 4 is 44.6 Å². The summed E-state index contributed by atoms with van der Waals surface area (Å²) in [7, 11) is -3.50. The molecule has 0 saturated heterocycles. The highest BCUT2D eigenvalue weighted by molar-refractivity contribution is 7.92. The predicted molar refractivity (Wildman–Crippen MR) is 107 cm³/mol. The van der Waals surface area contributed by atoms with E-state index in [0.29, 0.717) is 11.4 Å². The van der Waals surface area contributed by atoms with Gasteiger partial charge < -0.3 is 10.1 Å². The Labute approximate surface area is 167 Å². The molecule has 1 heterocycles. The molecule has 3 rings (SSSR count). The van der Waals surface area contributed by atoms with E-state index in [-0.39, 0.29) is 17.1 Å². The zero-order valence-electron chi connectivity index (χ0n) is 16.2. The summed E-state index contributed by atoms with van der Waals surface area (Å²) in [6, 6.07) is 8.39. The number of nitrogens with zero attached hydrogens (tertiary/aromatic N) is 1. The van der Waals surface area contributed by atoms with Crippen LogP contribution < -0.4 is 19.7 Å². The van der Waals surface area contributed by atoms with E-state index in [1.54, 1.807) is 13.8 Å². The Bertz CT molecular complexity index is 1110. The van der Waals surface area contributed by atoms with Crippen molar-refractivity contribution in [3.63, 3.8) is 0 Å². The van der Waals surface area contributed by atoms with Gasteiger partial charge >= 0.3 is 0 Å². The first kappa shape index (κ1) is 20.6. The summed E-state index contributed by atoms with van der Waals surface area (Å²) in [5.41, 5.74) is -0.382. The number of hydrogen-bond acceptors (Lipinski definition) is 5. The molecule has 0 fully saturated rings. The summed E-state index contributed by atoms with van der Waals surface area (Å²) >= 11 is 0. The summed E-state index contributed by atoms with van der Waals surface area (Å²) < 4.78 is 45.2. The summed E-state index contributed by atoms with van der Waals surface area (Å²) in [5, 5.41) is 2.39. The molecule has 2 amide bonds. The van der Waals surface area contributed by atoms with E-state index >= 15 is 0 Å². The van der Waals surface area contributed by atoms with Crippen LogP contribution in [0.25, 0.3) is 0 Å². The summed E-state index contributed by atoms with van der Waals surface area (Å²) in [5.74, 6) is -1.23. The molecule has 0 saturated carbocycles. The topological polar surface area (TPSA) is 105 Å². The number of nitrogens with one attached hydrogen (secondary N) is 2. The molecule has 8 nitrogen and oxygen atoms in total. The third-order valence-corrected chi connectivity index (χ3v) is 4.71. The number of anilines is 4. The van der Waals surface area contributed by atoms with Crippen molar-refractivity contribution < 1.29 is 27.1 Å². The number of hydrogen-bond donors (Lipinski definition) is 2. The first-order valence-corrected chi connectivity index (χ1v) is 10.5. The van der Waals surface area contributed by atoms with Gasteiger partial charge in [-0.1, -0.05) is 0 Å². The average Bonchev–Trinajstić information content (AvgIpc) is 2.56. The maximum absolute atomic E-state index is 14.0. The van der Waals surface area contributed by atoms with Crippen LogP contribution >= 0.6 is 0 Å². The third-order valence-electron chi connectivity index (χ3n) is 4.11. The molecule has 0 aliphatic carbocycles. The van der Waals surface area contributed by atoms with Crippen LogP contribution in [0.15, 0.2) is 36.4 Å². The van der Waals surface area contributed by atoms with Crippen LogP contribution in [0.3, 0.4) is 0 Å². The normalized spacial score (nSPS) is 15.3. The molecule has 29 heavy (non-hydrogen) atoms. The first-order valence-electron chi connectivity index (χ1n) is 8.60. The first-order chi connectivity index (χ1) is 13.4. The molecule has 0 bridgehead atoms. The van der Waals surface area contributed by atoms with Gasteiger partial charge in [0.15, 0.2) is 5.60 Å². The largest absolute Gasteiger partial charge is 0.476 e. The van der Waals surface area contributed by atoms with Crippen LogP contribution in [0.4, 0.5) is 27.1 Å². The van der Waals surface area contributed by atoms with Crippen LogP contribution in [0.2, 0.25) is 0 Å². The zero-order valence-corrected chi connectivity index (χ0v) is 17.1. The van der Waals surface area contributed by atoms with Gasteiger partial charge in [0.05, 0.1) is 29.0 Å². The molecule has 2 aromatic rings. The molecular weight excluding hydrogens is 401 g/mol. The van der Waals surface area contributed by atoms with Gasteiger partial charge in [0.2, 0.25) is 15.9 Å². The van der Waals surface area contributed by atoms with E-state index in [9.17, 15) is 22.4 Å². The summed E-state index contributed by atoms with van der Waals surface area (Å²) in [6.45, 7) is 4.39. The van der Waals surface area contributed by atoms with Crippen LogP contribution in [0, 0.1) is 5.82 Å². The fourth-order valence-corrected chi connectivity index (χ4v) is 3.50. The smallest absolute Gasteiger partial charge is 0.275 e. The molecule has 10 heteroatoms. The second-order valence-corrected chi connectivity index (χ2v) is 8.90. The third kappa shape index (κ3) is 4.32. The minimum absolute atomic E-state index is 0.0657. The number of ether oxygens (including phenoxy) is 1. The monoisotopic (exact) mass is 421 g/mol. The lowest BCUT2D eigenvalue weighted by Crippen LogP contribution is -2.50. The van der Waals surface area contributed by atoms with Crippen LogP contribution in [-0.2, 0) is 19.6 Å². The molecule has 0 radical (unpaired) electrons. The van der Waals surface area contributed by atoms with Crippen LogP contribution in [0.5, 0.6) is 5.75 Å². The van der Waals surface area contributed by atoms with Crippen molar-refractivity contribution in [1.82, 2.24) is 0 Å². The fourth-order valence-electron chi connectivity index (χ4n) is 2.95. The Morgan fingerprint density at radius 1 is 1.17 bits per heavy atom. The average molecular weight is 421 g/mol. The van der Waals surface area contributed by atoms with Crippen LogP contribution in [-0.4, -0.2) is 32.1 Å². The maximum atomic E-state index is 14.0. The second kappa shape index (κ2) is 7.03. The van der Waals surface area contributed by atoms with Gasteiger partial charge in [0.1, 0.15) is 11.6 Å². The summed E-state index contributed by atoms with van der Waals surface area (Å²) in [6.07, 6.45) is 1.02. The van der Waals surface area contributed by atoms with E-state index in [1.165, 1.54) is 42.2 Å². The van der Waals surface area contributed by atoms with Gasteiger partial charge in [0, 0.05) is 13.0 Å². The standard InChI is InChI=1S/C19H20FN3O5S/c1-11(24)21-15-10-13(6-7-14(15)20)23-16-8-5-12(22-29(4,26)27)9-17(16)28-19(2,3)18(23)25/h5-10,22H,1-4H3,(H,21,24). The lowest BCUT2D eigenvalue weighted by atomic mass is 10.0. The highest BCUT2D eigenvalue weighted by atomic mass is 32.2. The van der Waals surface area contributed by atoms with E-state index in [1.807, 2.05) is 0 Å². The molecule has 0 atom stereocenters. The fraction of sp³-hybridized carbons (Fsp3) is 0.263. The SMILES string of the molecule is CC(=O)Nc1cc(N2C(=O)C(C)(C)Oc3cc(NS(C)(=O)=O)ccc32)ccc1F. The minimum Gasteiger partial charge on any atom is -0.476 e. The van der Waals surface area contributed by atoms with E-state index in [2.05, 4.69) is 10.0 Å². The number of halogens is 1. The summed E-state index contributed by atoms with van der Waals surface area (Å²) in [4.78, 5) is 25.7. The molecule has 0 spiro atoms. The number of carbonyl (C=O) groups is 2. The van der Waals surface area contributed by atoms with Crippen molar-refractivity contribution in [2.45, 2.75) is 26.4 Å². The molecule has 0 unspecified atom stereocenters. The molecule has 2 N–H and O–H groups in total. The molecule has 1 aliphatic rings. The van der Waals surface area contributed by atoms with E-state index < -0.39 is 33.3 Å². The Balaban J connectivity index is 2.12. The Kier molecular flexibility index (Phi) is 4.99. The quantitative estimate of drug-likeness (QED) is 0.790. The van der Waals surface area contributed by atoms with Crippen molar-refractivity contribution in [3.05, 3.63) is 42.2 Å². The van der Waals surface area contributed by atoms with Gasteiger partial charge in [-0.05, 0) is 44.2 Å². The molecule has 154 valence electrons. The minimum atomic E-state index is -3.50. The van der Waals surface area contributed by atoms with Crippen molar-refractivity contribution in [2.24, 2.45) is 0 Å². The maximum Gasteiger partial charge on any atom is 0.275 e. The van der Waals surface area contributed by atoms with Crippen molar-refractivity contribution in [2.75, 3.05) is 21.2 Å². The highest BCUT2D eigenvalue weighted by Gasteiger charge is 2.42.